The predicted octanol–water partition coefficient (Wildman–Crippen LogP) is 4.03. The molecule has 1 aromatic carbocycles. The molecule has 3 rings (SSSR count). The molecule has 1 aromatic rings. The lowest BCUT2D eigenvalue weighted by Crippen LogP contribution is -2.48. The van der Waals surface area contributed by atoms with Gasteiger partial charge in [0.05, 0.1) is 0 Å². The molecule has 0 aromatic heterocycles. The molecule has 2 fully saturated rings. The van der Waals surface area contributed by atoms with E-state index in [0.717, 1.165) is 58.3 Å². The fourth-order valence-corrected chi connectivity index (χ4v) is 3.93. The molecule has 0 unspecified atom stereocenters. The van der Waals surface area contributed by atoms with Gasteiger partial charge in [0.2, 0.25) is 0 Å². The molecule has 0 spiro atoms. The van der Waals surface area contributed by atoms with Crippen molar-refractivity contribution >= 4 is 29.9 Å². The van der Waals surface area contributed by atoms with E-state index < -0.39 is 0 Å². The minimum absolute atomic E-state index is 0. The van der Waals surface area contributed by atoms with Crippen LogP contribution in [0.25, 0.3) is 0 Å². The normalized spacial score (nSPS) is 19.4. The van der Waals surface area contributed by atoms with E-state index in [0.29, 0.717) is 11.5 Å². The molecule has 1 heterocycles. The lowest BCUT2D eigenvalue weighted by Gasteiger charge is -2.33. The van der Waals surface area contributed by atoms with E-state index in [1.165, 1.54) is 31.2 Å². The van der Waals surface area contributed by atoms with E-state index in [-0.39, 0.29) is 24.0 Å². The number of nitrogens with zero attached hydrogens (tertiary/aromatic N) is 2. The Labute approximate surface area is 194 Å². The van der Waals surface area contributed by atoms with Crippen molar-refractivity contribution < 1.29 is 4.74 Å². The summed E-state index contributed by atoms with van der Waals surface area (Å²) in [5.41, 5.74) is 1.81. The van der Waals surface area contributed by atoms with Crippen LogP contribution in [-0.2, 0) is 11.3 Å². The summed E-state index contributed by atoms with van der Waals surface area (Å²) in [4.78, 5) is 7.49. The maximum absolute atomic E-state index is 5.55. The average molecular weight is 514 g/mol. The Kier molecular flexibility index (Phi) is 10.7. The molecule has 0 radical (unpaired) electrons. The van der Waals surface area contributed by atoms with Gasteiger partial charge in [-0.15, -0.1) is 24.0 Å². The number of hydrogen-bond donors (Lipinski definition) is 2. The number of nitrogens with one attached hydrogen (secondary N) is 2. The number of hydrogen-bond acceptors (Lipinski definition) is 3. The summed E-state index contributed by atoms with van der Waals surface area (Å²) in [5, 5.41) is 7.13. The Balaban J connectivity index is 0.00000300. The summed E-state index contributed by atoms with van der Waals surface area (Å²) in [6.07, 6.45) is 6.07. The van der Waals surface area contributed by atoms with Crippen LogP contribution in [0, 0.1) is 5.41 Å². The van der Waals surface area contributed by atoms with Crippen molar-refractivity contribution in [3.05, 3.63) is 35.9 Å². The molecule has 1 aliphatic heterocycles. The number of halogens is 1. The Morgan fingerprint density at radius 1 is 1.17 bits per heavy atom. The molecule has 29 heavy (non-hydrogen) atoms. The highest BCUT2D eigenvalue weighted by molar-refractivity contribution is 14.0. The average Bonchev–Trinajstić information content (AvgIpc) is 3.49. The smallest absolute Gasteiger partial charge is 0.191 e. The van der Waals surface area contributed by atoms with Crippen LogP contribution < -0.4 is 10.6 Å². The molecule has 6 heteroatoms. The molecule has 2 N–H and O–H groups in total. The Bertz CT molecular complexity index is 598. The van der Waals surface area contributed by atoms with E-state index in [4.69, 9.17) is 9.73 Å². The molecule has 2 aliphatic rings. The van der Waals surface area contributed by atoms with E-state index in [1.807, 2.05) is 0 Å². The number of guanidine groups is 1. The van der Waals surface area contributed by atoms with Crippen LogP contribution in [0.5, 0.6) is 0 Å². The predicted molar refractivity (Wildman–Crippen MR) is 132 cm³/mol. The number of ether oxygens (including phenoxy) is 1. The molecular weight excluding hydrogens is 475 g/mol. The first-order valence-electron chi connectivity index (χ1n) is 11.1. The molecule has 0 atom stereocenters. The van der Waals surface area contributed by atoms with Gasteiger partial charge in [-0.2, -0.15) is 0 Å². The lowest BCUT2D eigenvalue weighted by atomic mass is 10.0. The van der Waals surface area contributed by atoms with Gasteiger partial charge >= 0.3 is 0 Å². The van der Waals surface area contributed by atoms with Crippen molar-refractivity contribution in [2.24, 2.45) is 10.4 Å². The molecule has 1 saturated carbocycles. The summed E-state index contributed by atoms with van der Waals surface area (Å²) in [7, 11) is 0. The van der Waals surface area contributed by atoms with Crippen molar-refractivity contribution in [2.45, 2.75) is 58.5 Å². The van der Waals surface area contributed by atoms with E-state index in [2.05, 4.69) is 59.7 Å². The monoisotopic (exact) mass is 514 g/mol. The second-order valence-corrected chi connectivity index (χ2v) is 8.32. The van der Waals surface area contributed by atoms with Crippen molar-refractivity contribution in [2.75, 3.05) is 39.4 Å². The zero-order valence-corrected chi connectivity index (χ0v) is 20.5. The van der Waals surface area contributed by atoms with Gasteiger partial charge in [-0.1, -0.05) is 30.3 Å². The largest absolute Gasteiger partial charge is 0.382 e. The third kappa shape index (κ3) is 8.42. The van der Waals surface area contributed by atoms with Crippen LogP contribution in [0.4, 0.5) is 0 Å². The number of likely N-dealkylation sites (tertiary alicyclic amines) is 1. The molecule has 0 bridgehead atoms. The maximum Gasteiger partial charge on any atom is 0.191 e. The number of rotatable bonds is 10. The molecular formula is C23H39IN4O. The van der Waals surface area contributed by atoms with Crippen LogP contribution in [0.1, 0.15) is 51.5 Å². The second-order valence-electron chi connectivity index (χ2n) is 8.32. The number of aliphatic imine (C=N–C) groups is 1. The Morgan fingerprint density at radius 3 is 2.52 bits per heavy atom. The topological polar surface area (TPSA) is 48.9 Å². The van der Waals surface area contributed by atoms with Crippen molar-refractivity contribution in [3.63, 3.8) is 0 Å². The molecule has 1 aliphatic carbocycles. The van der Waals surface area contributed by atoms with Crippen molar-refractivity contribution in [1.29, 1.82) is 0 Å². The minimum Gasteiger partial charge on any atom is -0.382 e. The Hall–Kier alpha value is -0.860. The van der Waals surface area contributed by atoms with Crippen LogP contribution >= 0.6 is 24.0 Å². The van der Waals surface area contributed by atoms with Gasteiger partial charge in [-0.25, -0.2) is 0 Å². The van der Waals surface area contributed by atoms with Gasteiger partial charge < -0.3 is 15.4 Å². The van der Waals surface area contributed by atoms with Crippen molar-refractivity contribution in [3.8, 4) is 0 Å². The molecule has 1 saturated heterocycles. The first-order chi connectivity index (χ1) is 13.7. The van der Waals surface area contributed by atoms with Gasteiger partial charge in [-0.3, -0.25) is 9.89 Å². The van der Waals surface area contributed by atoms with E-state index >= 15 is 0 Å². The summed E-state index contributed by atoms with van der Waals surface area (Å²) >= 11 is 0. The zero-order valence-electron chi connectivity index (χ0n) is 18.2. The maximum atomic E-state index is 5.55. The highest BCUT2D eigenvalue weighted by atomic mass is 127. The first kappa shape index (κ1) is 24.4. The molecule has 0 amide bonds. The number of piperidine rings is 1. The van der Waals surface area contributed by atoms with Gasteiger partial charge in [0.25, 0.3) is 0 Å². The first-order valence-corrected chi connectivity index (χ1v) is 11.1. The van der Waals surface area contributed by atoms with Crippen LogP contribution in [-0.4, -0.2) is 56.3 Å². The second kappa shape index (κ2) is 12.7. The fraction of sp³-hybridized carbons (Fsp3) is 0.696. The zero-order chi connectivity index (χ0) is 19.7. The molecule has 164 valence electrons. The van der Waals surface area contributed by atoms with Crippen LogP contribution in [0.15, 0.2) is 35.3 Å². The standard InChI is InChI=1S/C23H38N4O.HI/c1-3-24-22(25-19-23(12-13-23)14-17-28-4-2)26-21-10-15-27(16-11-21)18-20-8-6-5-7-9-20;/h5-9,21H,3-4,10-19H2,1-2H3,(H2,24,25,26);1H. The van der Waals surface area contributed by atoms with Crippen LogP contribution in [0.3, 0.4) is 0 Å². The third-order valence-corrected chi connectivity index (χ3v) is 6.03. The van der Waals surface area contributed by atoms with Crippen molar-refractivity contribution in [1.82, 2.24) is 15.5 Å². The Morgan fingerprint density at radius 2 is 1.90 bits per heavy atom. The van der Waals surface area contributed by atoms with E-state index in [1.54, 1.807) is 0 Å². The quantitative estimate of drug-likeness (QED) is 0.214. The summed E-state index contributed by atoms with van der Waals surface area (Å²) in [6, 6.07) is 11.3. The third-order valence-electron chi connectivity index (χ3n) is 6.03. The highest BCUT2D eigenvalue weighted by Crippen LogP contribution is 2.49. The summed E-state index contributed by atoms with van der Waals surface area (Å²) in [6.45, 7) is 11.1. The number of benzene rings is 1. The SMILES string of the molecule is CCNC(=NCC1(CCOCC)CC1)NC1CCN(Cc2ccccc2)CC1.I. The highest BCUT2D eigenvalue weighted by Gasteiger charge is 2.42. The minimum atomic E-state index is 0. The summed E-state index contributed by atoms with van der Waals surface area (Å²) in [5.74, 6) is 0.992. The molecule has 5 nitrogen and oxygen atoms in total. The van der Waals surface area contributed by atoms with E-state index in [9.17, 15) is 0 Å². The van der Waals surface area contributed by atoms with Gasteiger partial charge in [-0.05, 0) is 56.9 Å². The van der Waals surface area contributed by atoms with Gasteiger partial charge in [0.1, 0.15) is 0 Å². The van der Waals surface area contributed by atoms with Gasteiger partial charge in [0, 0.05) is 52.0 Å². The summed E-state index contributed by atoms with van der Waals surface area (Å²) < 4.78 is 5.55. The lowest BCUT2D eigenvalue weighted by molar-refractivity contribution is 0.129. The fourth-order valence-electron chi connectivity index (χ4n) is 3.93. The van der Waals surface area contributed by atoms with Gasteiger partial charge in [0.15, 0.2) is 5.96 Å². The van der Waals surface area contributed by atoms with Crippen LogP contribution in [0.2, 0.25) is 0 Å².